The number of ether oxygens (including phenoxy) is 2. The van der Waals surface area contributed by atoms with Crippen LogP contribution in [0.1, 0.15) is 67.0 Å². The largest absolute Gasteiger partial charge is 0.486 e. The number of rotatable bonds is 11. The Kier molecular flexibility index (Phi) is 9.84. The van der Waals surface area contributed by atoms with Gasteiger partial charge in [0.15, 0.2) is 21.3 Å². The summed E-state index contributed by atoms with van der Waals surface area (Å²) >= 11 is 0. The molecule has 1 saturated heterocycles. The SMILES string of the molecule is CCCS(=O)(=O)c1ccc([C@H]2[C@H](C(=O)O)[C@@H](c3ccc4c(c3)OCCO4)CN2CC(=O)Nc2c(CC)cc(C)cc2CC)cc1. The lowest BCUT2D eigenvalue weighted by Crippen LogP contribution is -2.35. The highest BCUT2D eigenvalue weighted by Crippen LogP contribution is 2.47. The summed E-state index contributed by atoms with van der Waals surface area (Å²) in [6.07, 6.45) is 2.02. The number of fused-ring (bicyclic) bond motifs is 1. The fourth-order valence-electron chi connectivity index (χ4n) is 6.70. The van der Waals surface area contributed by atoms with Gasteiger partial charge >= 0.3 is 5.97 Å². The maximum absolute atomic E-state index is 13.7. The van der Waals surface area contributed by atoms with Gasteiger partial charge in [-0.05, 0) is 72.7 Å². The molecule has 1 amide bonds. The number of amides is 1. The number of nitrogens with zero attached hydrogens (tertiary/aromatic N) is 1. The monoisotopic (exact) mass is 634 g/mol. The molecule has 3 atom stereocenters. The summed E-state index contributed by atoms with van der Waals surface area (Å²) in [5, 5.41) is 13.8. The third kappa shape index (κ3) is 6.87. The summed E-state index contributed by atoms with van der Waals surface area (Å²) in [6, 6.07) is 15.4. The van der Waals surface area contributed by atoms with Crippen molar-refractivity contribution in [3.63, 3.8) is 0 Å². The molecule has 240 valence electrons. The Morgan fingerprint density at radius 2 is 1.53 bits per heavy atom. The normalized spacial score (nSPS) is 19.8. The number of anilines is 1. The Morgan fingerprint density at radius 3 is 2.13 bits per heavy atom. The Bertz CT molecular complexity index is 1640. The predicted octanol–water partition coefficient (Wildman–Crippen LogP) is 5.55. The summed E-state index contributed by atoms with van der Waals surface area (Å²) in [7, 11) is -3.45. The molecule has 0 aliphatic carbocycles. The number of carboxylic acid groups (broad SMARTS) is 1. The van der Waals surface area contributed by atoms with Crippen LogP contribution in [0.25, 0.3) is 0 Å². The lowest BCUT2D eigenvalue weighted by Gasteiger charge is -2.27. The Balaban J connectivity index is 1.51. The van der Waals surface area contributed by atoms with Crippen molar-refractivity contribution in [3.8, 4) is 11.5 Å². The molecule has 0 saturated carbocycles. The Morgan fingerprint density at radius 1 is 0.911 bits per heavy atom. The van der Waals surface area contributed by atoms with Gasteiger partial charge in [-0.3, -0.25) is 14.5 Å². The van der Waals surface area contributed by atoms with Crippen LogP contribution in [0, 0.1) is 12.8 Å². The van der Waals surface area contributed by atoms with Gasteiger partial charge in [0.2, 0.25) is 5.91 Å². The maximum Gasteiger partial charge on any atom is 0.309 e. The highest BCUT2D eigenvalue weighted by Gasteiger charge is 2.48. The number of aryl methyl sites for hydroxylation is 3. The number of likely N-dealkylation sites (tertiary alicyclic amines) is 1. The average molecular weight is 635 g/mol. The molecular weight excluding hydrogens is 592 g/mol. The van der Waals surface area contributed by atoms with Gasteiger partial charge in [0.25, 0.3) is 0 Å². The number of aliphatic carboxylic acids is 1. The number of nitrogens with one attached hydrogen (secondary N) is 1. The van der Waals surface area contributed by atoms with Crippen LogP contribution < -0.4 is 14.8 Å². The molecule has 5 rings (SSSR count). The van der Waals surface area contributed by atoms with Crippen molar-refractivity contribution in [2.75, 3.05) is 37.4 Å². The van der Waals surface area contributed by atoms with Crippen molar-refractivity contribution >= 4 is 27.4 Å². The molecule has 1 fully saturated rings. The highest BCUT2D eigenvalue weighted by molar-refractivity contribution is 7.91. The summed E-state index contributed by atoms with van der Waals surface area (Å²) in [4.78, 5) is 28.8. The zero-order valence-corrected chi connectivity index (χ0v) is 27.2. The molecule has 0 spiro atoms. The van der Waals surface area contributed by atoms with Gasteiger partial charge in [0.05, 0.1) is 23.1 Å². The first kappa shape index (κ1) is 32.5. The number of benzene rings is 3. The van der Waals surface area contributed by atoms with Crippen LogP contribution >= 0.6 is 0 Å². The molecular formula is C35H42N2O7S. The molecule has 2 heterocycles. The summed E-state index contributed by atoms with van der Waals surface area (Å²) < 4.78 is 36.9. The standard InChI is InChI=1S/C35H42N2O7S/c1-5-16-45(41,42)27-11-8-25(9-12-27)34-32(35(39)40)28(26-10-13-29-30(19-26)44-15-14-43-29)20-37(34)21-31(38)36-33-23(6-2)17-22(4)18-24(33)7-3/h8-13,17-19,28,32,34H,5-7,14-16,20-21H2,1-4H3,(H,36,38)(H,39,40)/t28-,32-,34+/m1/s1. The van der Waals surface area contributed by atoms with Crippen molar-refractivity contribution in [2.24, 2.45) is 5.92 Å². The van der Waals surface area contributed by atoms with Crippen LogP contribution in [-0.4, -0.2) is 62.4 Å². The maximum atomic E-state index is 13.7. The van der Waals surface area contributed by atoms with E-state index in [9.17, 15) is 23.1 Å². The van der Waals surface area contributed by atoms with Gasteiger partial charge in [0, 0.05) is 24.2 Å². The minimum absolute atomic E-state index is 0.0323. The number of sulfone groups is 1. The molecule has 3 aromatic rings. The van der Waals surface area contributed by atoms with Crippen molar-refractivity contribution in [3.05, 3.63) is 82.4 Å². The first-order valence-corrected chi connectivity index (χ1v) is 17.3. The molecule has 3 aromatic carbocycles. The van der Waals surface area contributed by atoms with E-state index in [-0.39, 0.29) is 23.1 Å². The second-order valence-corrected chi connectivity index (χ2v) is 14.0. The van der Waals surface area contributed by atoms with E-state index in [0.29, 0.717) is 43.2 Å². The van der Waals surface area contributed by atoms with E-state index < -0.39 is 33.7 Å². The molecule has 45 heavy (non-hydrogen) atoms. The zero-order valence-electron chi connectivity index (χ0n) is 26.3. The van der Waals surface area contributed by atoms with Crippen molar-refractivity contribution in [2.45, 2.75) is 63.8 Å². The number of carboxylic acids is 1. The summed E-state index contributed by atoms with van der Waals surface area (Å²) in [6.45, 7) is 9.09. The average Bonchev–Trinajstić information content (AvgIpc) is 3.40. The minimum atomic E-state index is -3.45. The lowest BCUT2D eigenvalue weighted by molar-refractivity contribution is -0.143. The summed E-state index contributed by atoms with van der Waals surface area (Å²) in [5.74, 6) is -1.38. The number of carbonyl (C=O) groups is 2. The van der Waals surface area contributed by atoms with E-state index in [1.165, 1.54) is 0 Å². The van der Waals surface area contributed by atoms with Crippen LogP contribution in [0.4, 0.5) is 5.69 Å². The fraction of sp³-hybridized carbons (Fsp3) is 0.429. The van der Waals surface area contributed by atoms with Crippen molar-refractivity contribution in [1.82, 2.24) is 4.90 Å². The predicted molar refractivity (Wildman–Crippen MR) is 173 cm³/mol. The molecule has 2 N–H and O–H groups in total. The smallest absolute Gasteiger partial charge is 0.309 e. The zero-order chi connectivity index (χ0) is 32.3. The van der Waals surface area contributed by atoms with Crippen LogP contribution in [0.2, 0.25) is 0 Å². The van der Waals surface area contributed by atoms with Crippen molar-refractivity contribution < 1.29 is 32.6 Å². The van der Waals surface area contributed by atoms with Crippen LogP contribution in [-0.2, 0) is 32.3 Å². The molecule has 2 aliphatic heterocycles. The molecule has 0 radical (unpaired) electrons. The first-order valence-electron chi connectivity index (χ1n) is 15.7. The number of carbonyl (C=O) groups excluding carboxylic acids is 1. The molecule has 0 bridgehead atoms. The van der Waals surface area contributed by atoms with E-state index in [1.807, 2.05) is 30.9 Å². The van der Waals surface area contributed by atoms with E-state index in [4.69, 9.17) is 9.47 Å². The van der Waals surface area contributed by atoms with Gasteiger partial charge < -0.3 is 19.9 Å². The third-order valence-corrected chi connectivity index (χ3v) is 10.7. The van der Waals surface area contributed by atoms with Crippen LogP contribution in [0.3, 0.4) is 0 Å². The first-order chi connectivity index (χ1) is 21.6. The van der Waals surface area contributed by atoms with Gasteiger partial charge in [0.1, 0.15) is 13.2 Å². The third-order valence-electron chi connectivity index (χ3n) is 8.75. The van der Waals surface area contributed by atoms with Gasteiger partial charge in [-0.1, -0.05) is 56.7 Å². The second kappa shape index (κ2) is 13.6. The lowest BCUT2D eigenvalue weighted by atomic mass is 9.82. The highest BCUT2D eigenvalue weighted by atomic mass is 32.2. The van der Waals surface area contributed by atoms with Crippen molar-refractivity contribution in [1.29, 1.82) is 0 Å². The van der Waals surface area contributed by atoms with E-state index >= 15 is 0 Å². The summed E-state index contributed by atoms with van der Waals surface area (Å²) in [5.41, 5.74) is 5.48. The Labute approximate surface area is 265 Å². The van der Waals surface area contributed by atoms with Gasteiger partial charge in [-0.25, -0.2) is 8.42 Å². The van der Waals surface area contributed by atoms with E-state index in [2.05, 4.69) is 31.3 Å². The number of hydrogen-bond acceptors (Lipinski definition) is 7. The van der Waals surface area contributed by atoms with Crippen LogP contribution in [0.15, 0.2) is 59.5 Å². The second-order valence-electron chi connectivity index (χ2n) is 11.8. The molecule has 0 unspecified atom stereocenters. The number of hydrogen-bond donors (Lipinski definition) is 2. The van der Waals surface area contributed by atoms with Gasteiger partial charge in [-0.2, -0.15) is 0 Å². The Hall–Kier alpha value is -3.89. The molecule has 2 aliphatic rings. The van der Waals surface area contributed by atoms with Gasteiger partial charge in [-0.15, -0.1) is 0 Å². The topological polar surface area (TPSA) is 122 Å². The fourth-order valence-corrected chi connectivity index (χ4v) is 8.02. The van der Waals surface area contributed by atoms with E-state index in [0.717, 1.165) is 40.8 Å². The molecule has 9 nitrogen and oxygen atoms in total. The molecule has 10 heteroatoms. The molecule has 0 aromatic heterocycles. The van der Waals surface area contributed by atoms with E-state index in [1.54, 1.807) is 30.3 Å². The van der Waals surface area contributed by atoms with Crippen LogP contribution in [0.5, 0.6) is 11.5 Å². The quantitative estimate of drug-likeness (QED) is 0.281. The minimum Gasteiger partial charge on any atom is -0.486 e.